The molecule has 0 aliphatic heterocycles. The summed E-state index contributed by atoms with van der Waals surface area (Å²) in [7, 11) is 4.40. The van der Waals surface area contributed by atoms with E-state index in [1.807, 2.05) is 13.0 Å². The third kappa shape index (κ3) is 5.53. The van der Waals surface area contributed by atoms with Crippen LogP contribution in [-0.2, 0) is 19.1 Å². The molecule has 0 radical (unpaired) electrons. The molecule has 2 fully saturated rings. The highest BCUT2D eigenvalue weighted by atomic mass is 16.5. The number of carboxylic acid groups (broad SMARTS) is 2. The van der Waals surface area contributed by atoms with E-state index in [4.69, 9.17) is 14.2 Å². The number of hydrogen-bond donors (Lipinski definition) is 6. The van der Waals surface area contributed by atoms with Crippen LogP contribution in [-0.4, -0.2) is 77.3 Å². The Morgan fingerprint density at radius 1 is 0.732 bits per heavy atom. The van der Waals surface area contributed by atoms with Gasteiger partial charge < -0.3 is 45.3 Å². The number of fused-ring (bicyclic) bond motifs is 1. The number of aliphatic hydroxyl groups is 1. The Morgan fingerprint density at radius 2 is 1.29 bits per heavy atom. The number of nitrogens with one attached hydrogen (secondary N) is 2. The number of aliphatic carboxylic acids is 2. The minimum absolute atomic E-state index is 0.00676. The standard InChI is InChI=1S/C43H46N2O11/c1-17-14-23-29-34-31(39(48)38(23)45-22-12-8-20(9-13-22)43(52)53)25(47)16-27(55-4)33(34)32-26(54-3)15-24(44-21-10-6-19(7-11-21)42(50)51)30-36(32)35(29)37(28(17)18(2)46)41(56-5)40(30)49/h14-16,19-22,28,39,44-45,47-48H,6-13H2,1-5H3,(H,50,51)(H,52,53). The van der Waals surface area contributed by atoms with Gasteiger partial charge in [0.1, 0.15) is 29.1 Å². The Bertz CT molecular complexity index is 2360. The van der Waals surface area contributed by atoms with Crippen LogP contribution in [0.5, 0.6) is 17.2 Å². The highest BCUT2D eigenvalue weighted by molar-refractivity contribution is 6.35. The third-order valence-corrected chi connectivity index (χ3v) is 12.7. The van der Waals surface area contributed by atoms with Crippen molar-refractivity contribution in [1.29, 1.82) is 0 Å². The summed E-state index contributed by atoms with van der Waals surface area (Å²) in [6.45, 7) is 3.28. The van der Waals surface area contributed by atoms with Gasteiger partial charge in [-0.3, -0.25) is 19.2 Å². The number of aromatic hydroxyl groups is 1. The molecule has 0 heterocycles. The first-order valence-corrected chi connectivity index (χ1v) is 19.2. The molecule has 0 amide bonds. The van der Waals surface area contributed by atoms with Crippen molar-refractivity contribution in [3.05, 3.63) is 57.5 Å². The van der Waals surface area contributed by atoms with E-state index in [9.17, 15) is 34.8 Å². The Morgan fingerprint density at radius 3 is 1.82 bits per heavy atom. The number of aliphatic hydroxyl groups excluding tert-OH is 1. The summed E-state index contributed by atoms with van der Waals surface area (Å²) in [4.78, 5) is 52.4. The monoisotopic (exact) mass is 766 g/mol. The van der Waals surface area contributed by atoms with E-state index in [0.29, 0.717) is 123 Å². The molecule has 56 heavy (non-hydrogen) atoms. The highest BCUT2D eigenvalue weighted by Crippen LogP contribution is 2.60. The van der Waals surface area contributed by atoms with E-state index in [-0.39, 0.29) is 40.7 Å². The number of carbonyl (C=O) groups excluding carboxylic acids is 2. The van der Waals surface area contributed by atoms with Crippen molar-refractivity contribution in [2.75, 3.05) is 26.6 Å². The van der Waals surface area contributed by atoms with Gasteiger partial charge in [-0.25, -0.2) is 0 Å². The van der Waals surface area contributed by atoms with E-state index in [1.54, 1.807) is 6.07 Å². The third-order valence-electron chi connectivity index (χ3n) is 12.7. The molecular weight excluding hydrogens is 720 g/mol. The molecule has 5 aliphatic carbocycles. The minimum atomic E-state index is -1.36. The van der Waals surface area contributed by atoms with Crippen LogP contribution >= 0.6 is 0 Å². The number of methoxy groups -OCH3 is 3. The van der Waals surface area contributed by atoms with E-state index in [2.05, 4.69) is 10.6 Å². The number of phenolic OH excluding ortho intramolecular Hbond substituents is 1. The number of rotatable bonds is 10. The van der Waals surface area contributed by atoms with Crippen LogP contribution < -0.4 is 20.1 Å². The second kappa shape index (κ2) is 13.9. The van der Waals surface area contributed by atoms with Gasteiger partial charge in [0.15, 0.2) is 5.76 Å². The first kappa shape index (κ1) is 37.4. The molecule has 5 aliphatic rings. The average molecular weight is 767 g/mol. The van der Waals surface area contributed by atoms with Crippen LogP contribution in [0.15, 0.2) is 35.2 Å². The second-order valence-corrected chi connectivity index (χ2v) is 15.8. The fraction of sp³-hybridized carbons (Fsp3) is 0.442. The fourth-order valence-electron chi connectivity index (χ4n) is 10.1. The number of phenols is 1. The van der Waals surface area contributed by atoms with E-state index >= 15 is 4.79 Å². The van der Waals surface area contributed by atoms with E-state index in [1.165, 1.54) is 34.3 Å². The maximum absolute atomic E-state index is 15.0. The molecule has 3 aromatic rings. The summed E-state index contributed by atoms with van der Waals surface area (Å²) >= 11 is 0. The molecule has 3 aromatic carbocycles. The second-order valence-electron chi connectivity index (χ2n) is 15.8. The quantitative estimate of drug-likeness (QED) is 0.123. The fourth-order valence-corrected chi connectivity index (χ4v) is 10.1. The zero-order valence-electron chi connectivity index (χ0n) is 32.0. The van der Waals surface area contributed by atoms with E-state index < -0.39 is 41.6 Å². The Kier molecular flexibility index (Phi) is 9.26. The number of ether oxygens (including phenoxy) is 3. The van der Waals surface area contributed by atoms with Gasteiger partial charge in [-0.1, -0.05) is 11.6 Å². The van der Waals surface area contributed by atoms with Crippen LogP contribution in [0.2, 0.25) is 0 Å². The topological polar surface area (TPSA) is 201 Å². The smallest absolute Gasteiger partial charge is 0.306 e. The van der Waals surface area contributed by atoms with Crippen molar-refractivity contribution in [3.8, 4) is 17.2 Å². The van der Waals surface area contributed by atoms with Crippen molar-refractivity contribution in [2.24, 2.45) is 17.8 Å². The summed E-state index contributed by atoms with van der Waals surface area (Å²) in [6, 6.07) is 2.86. The molecule has 0 spiro atoms. The number of allylic oxidation sites excluding steroid dienone is 5. The molecule has 13 heteroatoms. The van der Waals surface area contributed by atoms with Crippen LogP contribution in [0, 0.1) is 17.8 Å². The van der Waals surface area contributed by atoms with Crippen molar-refractivity contribution >= 4 is 61.9 Å². The minimum Gasteiger partial charge on any atom is -0.507 e. The van der Waals surface area contributed by atoms with Crippen molar-refractivity contribution in [3.63, 3.8) is 0 Å². The molecule has 2 saturated carbocycles. The predicted molar refractivity (Wildman–Crippen MR) is 208 cm³/mol. The van der Waals surface area contributed by atoms with Gasteiger partial charge in [0.2, 0.25) is 5.78 Å². The highest BCUT2D eigenvalue weighted by Gasteiger charge is 2.46. The number of carboxylic acids is 2. The zero-order chi connectivity index (χ0) is 39.9. The van der Waals surface area contributed by atoms with Crippen LogP contribution in [0.1, 0.15) is 98.4 Å². The summed E-state index contributed by atoms with van der Waals surface area (Å²) in [5.41, 5.74) is 4.03. The maximum Gasteiger partial charge on any atom is 0.306 e. The molecule has 294 valence electrons. The summed E-state index contributed by atoms with van der Waals surface area (Å²) in [5, 5.41) is 52.5. The normalized spacial score (nSPS) is 25.5. The van der Waals surface area contributed by atoms with Crippen LogP contribution in [0.25, 0.3) is 32.7 Å². The maximum atomic E-state index is 15.0. The van der Waals surface area contributed by atoms with Gasteiger partial charge in [-0.15, -0.1) is 0 Å². The van der Waals surface area contributed by atoms with Crippen LogP contribution in [0.3, 0.4) is 0 Å². The van der Waals surface area contributed by atoms with Gasteiger partial charge >= 0.3 is 11.9 Å². The SMILES string of the molecule is COC1=C2c3c4c5c(c(O)cc(OC)c5c5c(OC)cc(NC6CCC(C(=O)O)CC6)c(c35)C1=O)C(O)C(NC1CCC(C(=O)O)CC1)=C4C=C(C)C2C(C)=O. The van der Waals surface area contributed by atoms with Gasteiger partial charge in [0.25, 0.3) is 0 Å². The lowest BCUT2D eigenvalue weighted by Gasteiger charge is -2.36. The molecule has 13 nitrogen and oxygen atoms in total. The molecule has 6 N–H and O–H groups in total. The zero-order valence-corrected chi connectivity index (χ0v) is 32.0. The van der Waals surface area contributed by atoms with E-state index in [0.717, 1.165) is 0 Å². The number of hydrogen-bond acceptors (Lipinski definition) is 11. The summed E-state index contributed by atoms with van der Waals surface area (Å²) in [5.74, 6) is -3.71. The van der Waals surface area contributed by atoms with Crippen LogP contribution in [0.4, 0.5) is 5.69 Å². The lowest BCUT2D eigenvalue weighted by atomic mass is 9.72. The Balaban J connectivity index is 1.49. The number of ketones is 2. The van der Waals surface area contributed by atoms with Gasteiger partial charge in [0.05, 0.1) is 56.0 Å². The first-order valence-electron chi connectivity index (χ1n) is 19.2. The lowest BCUT2D eigenvalue weighted by molar-refractivity contribution is -0.143. The van der Waals surface area contributed by atoms with Crippen molar-refractivity contribution in [1.82, 2.24) is 5.32 Å². The molecule has 2 atom stereocenters. The number of carbonyl (C=O) groups is 4. The molecule has 8 rings (SSSR count). The number of benzene rings is 3. The molecular formula is C43H46N2O11. The largest absolute Gasteiger partial charge is 0.507 e. The van der Waals surface area contributed by atoms with Gasteiger partial charge in [0, 0.05) is 68.0 Å². The Hall–Kier alpha value is -5.56. The number of Topliss-reactive ketones (excluding diaryl/α,β-unsaturated/α-hetero) is 2. The summed E-state index contributed by atoms with van der Waals surface area (Å²) in [6.07, 6.45) is 4.59. The van der Waals surface area contributed by atoms with Gasteiger partial charge in [-0.05, 0) is 70.8 Å². The van der Waals surface area contributed by atoms with Gasteiger partial charge in [-0.2, -0.15) is 0 Å². The van der Waals surface area contributed by atoms with Crippen molar-refractivity contribution < 1.29 is 53.8 Å². The lowest BCUT2D eigenvalue weighted by Crippen LogP contribution is -2.37. The molecule has 2 unspecified atom stereocenters. The first-order chi connectivity index (χ1) is 26.8. The molecule has 0 aromatic heterocycles. The summed E-state index contributed by atoms with van der Waals surface area (Å²) < 4.78 is 18.1. The molecule has 0 saturated heterocycles. The predicted octanol–water partition coefficient (Wildman–Crippen LogP) is 6.48. The molecule has 0 bridgehead atoms. The Labute approximate surface area is 323 Å². The number of anilines is 1. The average Bonchev–Trinajstić information content (AvgIpc) is 3.30. The van der Waals surface area contributed by atoms with Crippen molar-refractivity contribution in [2.45, 2.75) is 83.4 Å².